The predicted molar refractivity (Wildman–Crippen MR) is 176 cm³/mol. The topological polar surface area (TPSA) is 130 Å². The number of likely N-dealkylation sites (tertiary alicyclic amines) is 1. The zero-order chi connectivity index (χ0) is 31.9. The molecule has 0 saturated carbocycles. The molecule has 1 atom stereocenters. The Morgan fingerprint density at radius 1 is 1.00 bits per heavy atom. The maximum atomic E-state index is 11.3. The molecule has 0 aliphatic carbocycles. The fraction of sp³-hybridized carbons (Fsp3) is 0.469. The van der Waals surface area contributed by atoms with E-state index in [0.717, 1.165) is 76.3 Å². The summed E-state index contributed by atoms with van der Waals surface area (Å²) < 4.78 is 6.20. The first-order valence-electron chi connectivity index (χ1n) is 15.3. The molecule has 1 aromatic carbocycles. The number of pyridine rings is 1. The number of piperidine rings is 1. The molecule has 240 valence electrons. The quantitative estimate of drug-likeness (QED) is 0.309. The highest BCUT2D eigenvalue weighted by atomic mass is 35.5. The number of nitrogens with zero attached hydrogens (tertiary/aromatic N) is 6. The summed E-state index contributed by atoms with van der Waals surface area (Å²) in [5.41, 5.74) is 7.92. The van der Waals surface area contributed by atoms with Crippen molar-refractivity contribution in [2.45, 2.75) is 45.7 Å². The molecule has 0 bridgehead atoms. The number of nitrogens with two attached hydrogens (primary N) is 1. The van der Waals surface area contributed by atoms with Gasteiger partial charge in [-0.05, 0) is 68.6 Å². The summed E-state index contributed by atoms with van der Waals surface area (Å²) >= 11 is 12.7. The average Bonchev–Trinajstić information content (AvgIpc) is 3.00. The van der Waals surface area contributed by atoms with Crippen LogP contribution < -0.4 is 20.7 Å². The van der Waals surface area contributed by atoms with Crippen molar-refractivity contribution in [1.82, 2.24) is 30.1 Å². The van der Waals surface area contributed by atoms with E-state index in [1.165, 1.54) is 0 Å². The maximum absolute atomic E-state index is 11.3. The summed E-state index contributed by atoms with van der Waals surface area (Å²) in [5, 5.41) is 4.00. The smallest absolute Gasteiger partial charge is 0.225 e. The first kappa shape index (κ1) is 32.9. The van der Waals surface area contributed by atoms with Gasteiger partial charge in [0.1, 0.15) is 0 Å². The molecule has 3 N–H and O–H groups in total. The number of halogens is 2. The van der Waals surface area contributed by atoms with Crippen LogP contribution in [-0.2, 0) is 16.1 Å². The molecule has 13 heteroatoms. The van der Waals surface area contributed by atoms with Crippen LogP contribution in [0.3, 0.4) is 0 Å². The lowest BCUT2D eigenvalue weighted by atomic mass is 9.96. The summed E-state index contributed by atoms with van der Waals surface area (Å²) in [6, 6.07) is 9.46. The van der Waals surface area contributed by atoms with Gasteiger partial charge in [-0.2, -0.15) is 0 Å². The molecule has 2 aliphatic heterocycles. The Balaban J connectivity index is 1.27. The second-order valence-electron chi connectivity index (χ2n) is 11.9. The van der Waals surface area contributed by atoms with Crippen molar-refractivity contribution in [2.24, 2.45) is 11.7 Å². The van der Waals surface area contributed by atoms with Crippen LogP contribution in [0.15, 0.2) is 42.7 Å². The summed E-state index contributed by atoms with van der Waals surface area (Å²) in [4.78, 5) is 43.3. The third kappa shape index (κ3) is 9.49. The van der Waals surface area contributed by atoms with Crippen LogP contribution in [0.25, 0.3) is 11.3 Å². The second kappa shape index (κ2) is 15.2. The zero-order valence-electron chi connectivity index (χ0n) is 25.7. The third-order valence-electron chi connectivity index (χ3n) is 8.33. The van der Waals surface area contributed by atoms with E-state index in [0.29, 0.717) is 45.7 Å². The van der Waals surface area contributed by atoms with Gasteiger partial charge in [-0.3, -0.25) is 19.4 Å². The van der Waals surface area contributed by atoms with Gasteiger partial charge in [-0.15, -0.1) is 0 Å². The number of hydrogen-bond acceptors (Lipinski definition) is 9. The number of hydrogen-bond donors (Lipinski definition) is 2. The number of ether oxygens (including phenoxy) is 1. The van der Waals surface area contributed by atoms with Gasteiger partial charge in [-0.25, -0.2) is 15.0 Å². The summed E-state index contributed by atoms with van der Waals surface area (Å²) in [7, 11) is 0. The van der Waals surface area contributed by atoms with Crippen LogP contribution in [0.4, 0.5) is 5.95 Å². The van der Waals surface area contributed by atoms with Crippen molar-refractivity contribution >= 4 is 41.0 Å². The third-order valence-corrected chi connectivity index (χ3v) is 8.76. The number of piperazine rings is 1. The van der Waals surface area contributed by atoms with Gasteiger partial charge in [0.05, 0.1) is 18.1 Å². The van der Waals surface area contributed by atoms with Crippen molar-refractivity contribution in [2.75, 3.05) is 50.7 Å². The molecule has 0 spiro atoms. The Bertz CT molecular complexity index is 1460. The first-order chi connectivity index (χ1) is 21.6. The molecule has 11 nitrogen and oxygen atoms in total. The Hall–Kier alpha value is -3.51. The van der Waals surface area contributed by atoms with Crippen LogP contribution in [0, 0.1) is 5.92 Å². The van der Waals surface area contributed by atoms with E-state index >= 15 is 0 Å². The van der Waals surface area contributed by atoms with Gasteiger partial charge in [-0.1, -0.05) is 23.2 Å². The molecule has 2 amide bonds. The number of anilines is 1. The molecule has 1 unspecified atom stereocenters. The number of aromatic nitrogens is 3. The lowest BCUT2D eigenvalue weighted by molar-refractivity contribution is -0.120. The predicted octanol–water partition coefficient (Wildman–Crippen LogP) is 4.37. The minimum atomic E-state index is -0.285. The van der Waals surface area contributed by atoms with Crippen LogP contribution in [0.1, 0.15) is 38.7 Å². The SMILES string of the molecule is CC(=O)NCC1CCN(Cc2cc(Oc3cnc(N4CCN(C(C)CC(N)=O)CC4)nc3)nc(-c3cc(Cl)cc(Cl)c3)c2)CC1. The number of nitrogens with one attached hydrogen (secondary N) is 1. The van der Waals surface area contributed by atoms with Crippen molar-refractivity contribution in [3.05, 3.63) is 58.3 Å². The number of carbonyl (C=O) groups is 2. The Morgan fingerprint density at radius 2 is 1.67 bits per heavy atom. The van der Waals surface area contributed by atoms with Gasteiger partial charge >= 0.3 is 0 Å². The van der Waals surface area contributed by atoms with Gasteiger partial charge < -0.3 is 20.7 Å². The van der Waals surface area contributed by atoms with Crippen LogP contribution in [0.5, 0.6) is 11.6 Å². The van der Waals surface area contributed by atoms with Crippen LogP contribution in [-0.4, -0.2) is 88.4 Å². The lowest BCUT2D eigenvalue weighted by Gasteiger charge is -2.37. The lowest BCUT2D eigenvalue weighted by Crippen LogP contribution is -2.50. The van der Waals surface area contributed by atoms with E-state index in [9.17, 15) is 9.59 Å². The number of carbonyl (C=O) groups excluding carboxylic acids is 2. The molecule has 2 fully saturated rings. The van der Waals surface area contributed by atoms with Gasteiger partial charge in [0.25, 0.3) is 0 Å². The zero-order valence-corrected chi connectivity index (χ0v) is 27.2. The molecule has 2 saturated heterocycles. The minimum Gasteiger partial charge on any atom is -0.436 e. The van der Waals surface area contributed by atoms with Crippen molar-refractivity contribution in [3.8, 4) is 22.9 Å². The molecule has 5 rings (SSSR count). The number of primary amides is 1. The van der Waals surface area contributed by atoms with Gasteiger partial charge in [0, 0.05) is 80.3 Å². The molecule has 4 heterocycles. The van der Waals surface area contributed by atoms with Crippen LogP contribution >= 0.6 is 23.2 Å². The van der Waals surface area contributed by atoms with Gasteiger partial charge in [0.15, 0.2) is 5.75 Å². The average molecular weight is 656 g/mol. The number of amides is 2. The molecule has 3 aromatic rings. The Labute approximate surface area is 274 Å². The van der Waals surface area contributed by atoms with Gasteiger partial charge in [0.2, 0.25) is 23.6 Å². The molecule has 0 radical (unpaired) electrons. The Morgan fingerprint density at radius 3 is 2.29 bits per heavy atom. The number of benzene rings is 1. The summed E-state index contributed by atoms with van der Waals surface area (Å²) in [6.45, 7) is 10.0. The summed E-state index contributed by atoms with van der Waals surface area (Å²) in [5.74, 6) is 1.75. The van der Waals surface area contributed by atoms with E-state index in [4.69, 9.17) is 38.7 Å². The summed E-state index contributed by atoms with van der Waals surface area (Å²) in [6.07, 6.45) is 5.72. The Kier molecular flexibility index (Phi) is 11.1. The molecule has 45 heavy (non-hydrogen) atoms. The largest absolute Gasteiger partial charge is 0.436 e. The highest BCUT2D eigenvalue weighted by Crippen LogP contribution is 2.31. The van der Waals surface area contributed by atoms with E-state index in [1.54, 1.807) is 25.4 Å². The molecule has 2 aromatic heterocycles. The van der Waals surface area contributed by atoms with E-state index in [2.05, 4.69) is 30.0 Å². The monoisotopic (exact) mass is 654 g/mol. The fourth-order valence-corrected chi connectivity index (χ4v) is 6.40. The molecular weight excluding hydrogens is 615 g/mol. The fourth-order valence-electron chi connectivity index (χ4n) is 5.88. The standard InChI is InChI=1S/C32H40Cl2N8O3/c1-21(11-30(35)44)41-7-9-42(10-8-41)32-37-18-28(19-38-32)45-31-13-24(12-29(39-31)25-14-26(33)16-27(34)15-25)20-40-5-3-23(4-6-40)17-36-22(2)43/h12-16,18-19,21,23H,3-11,17,20H2,1-2H3,(H2,35,44)(H,36,43). The minimum absolute atomic E-state index is 0.0154. The normalized spacial score (nSPS) is 17.2. The first-order valence-corrected chi connectivity index (χ1v) is 16.1. The molecule has 2 aliphatic rings. The van der Waals surface area contributed by atoms with E-state index in [1.807, 2.05) is 31.2 Å². The van der Waals surface area contributed by atoms with Crippen molar-refractivity contribution in [1.29, 1.82) is 0 Å². The highest BCUT2D eigenvalue weighted by molar-refractivity contribution is 6.35. The second-order valence-corrected chi connectivity index (χ2v) is 12.7. The maximum Gasteiger partial charge on any atom is 0.225 e. The number of rotatable bonds is 11. The van der Waals surface area contributed by atoms with E-state index in [-0.39, 0.29) is 17.9 Å². The van der Waals surface area contributed by atoms with Crippen LogP contribution in [0.2, 0.25) is 10.0 Å². The highest BCUT2D eigenvalue weighted by Gasteiger charge is 2.24. The van der Waals surface area contributed by atoms with Crippen molar-refractivity contribution in [3.63, 3.8) is 0 Å². The van der Waals surface area contributed by atoms with Crippen molar-refractivity contribution < 1.29 is 14.3 Å². The van der Waals surface area contributed by atoms with E-state index < -0.39 is 0 Å². The molecular formula is C32H40Cl2N8O3.